The number of rotatable bonds is 5. The molecule has 3 rings (SSSR count). The Kier molecular flexibility index (Phi) is 4.16. The van der Waals surface area contributed by atoms with Gasteiger partial charge in [-0.25, -0.2) is 4.98 Å². The van der Waals surface area contributed by atoms with E-state index in [1.54, 1.807) is 0 Å². The molecule has 2 aliphatic rings. The number of ether oxygens (including phenoxy) is 1. The van der Waals surface area contributed by atoms with Crippen molar-refractivity contribution < 1.29 is 4.74 Å². The normalized spacial score (nSPS) is 27.1. The second-order valence-corrected chi connectivity index (χ2v) is 8.18. The maximum absolute atomic E-state index is 5.92. The van der Waals surface area contributed by atoms with Crippen LogP contribution < -0.4 is 5.32 Å². The van der Waals surface area contributed by atoms with Crippen molar-refractivity contribution in [3.8, 4) is 0 Å². The Morgan fingerprint density at radius 3 is 2.85 bits per heavy atom. The first-order chi connectivity index (χ1) is 9.54. The van der Waals surface area contributed by atoms with E-state index in [-0.39, 0.29) is 5.41 Å². The van der Waals surface area contributed by atoms with E-state index >= 15 is 0 Å². The lowest BCUT2D eigenvalue weighted by molar-refractivity contribution is 0.00720. The van der Waals surface area contributed by atoms with Crippen LogP contribution in [0.3, 0.4) is 0 Å². The van der Waals surface area contributed by atoms with Gasteiger partial charge in [-0.1, -0.05) is 20.8 Å². The molecule has 0 radical (unpaired) electrons. The van der Waals surface area contributed by atoms with Crippen LogP contribution in [-0.2, 0) is 11.3 Å². The molecular formula is C16H26N2OS. The largest absolute Gasteiger partial charge is 0.377 e. The second-order valence-electron chi connectivity index (χ2n) is 7.29. The SMILES string of the molecule is CC(C)(C)[C@H]1OCC[C@@H]1CNCc1csc(C2CC2)n1. The fourth-order valence-electron chi connectivity index (χ4n) is 3.11. The van der Waals surface area contributed by atoms with E-state index in [2.05, 4.69) is 31.5 Å². The predicted molar refractivity (Wildman–Crippen MR) is 83.1 cm³/mol. The summed E-state index contributed by atoms with van der Waals surface area (Å²) >= 11 is 1.83. The van der Waals surface area contributed by atoms with Gasteiger partial charge in [0.1, 0.15) is 0 Å². The van der Waals surface area contributed by atoms with Crippen LogP contribution in [0.25, 0.3) is 0 Å². The lowest BCUT2D eigenvalue weighted by Gasteiger charge is -2.31. The van der Waals surface area contributed by atoms with Gasteiger partial charge in [0, 0.05) is 36.9 Å². The zero-order valence-corrected chi connectivity index (χ0v) is 13.6. The molecule has 2 fully saturated rings. The monoisotopic (exact) mass is 294 g/mol. The summed E-state index contributed by atoms with van der Waals surface area (Å²) in [5.74, 6) is 1.42. The van der Waals surface area contributed by atoms with Gasteiger partial charge < -0.3 is 10.1 Å². The van der Waals surface area contributed by atoms with Gasteiger partial charge >= 0.3 is 0 Å². The third-order valence-corrected chi connectivity index (χ3v) is 5.33. The lowest BCUT2D eigenvalue weighted by atomic mass is 9.81. The van der Waals surface area contributed by atoms with E-state index in [9.17, 15) is 0 Å². The highest BCUT2D eigenvalue weighted by Gasteiger charge is 2.36. The predicted octanol–water partition coefficient (Wildman–Crippen LogP) is 3.56. The molecule has 0 bridgehead atoms. The van der Waals surface area contributed by atoms with Gasteiger partial charge in [0.2, 0.25) is 0 Å². The topological polar surface area (TPSA) is 34.1 Å². The smallest absolute Gasteiger partial charge is 0.0959 e. The van der Waals surface area contributed by atoms with Gasteiger partial charge in [0.15, 0.2) is 0 Å². The molecular weight excluding hydrogens is 268 g/mol. The van der Waals surface area contributed by atoms with Gasteiger partial charge in [0.05, 0.1) is 16.8 Å². The second kappa shape index (κ2) is 5.74. The fourth-order valence-corrected chi connectivity index (χ4v) is 4.10. The lowest BCUT2D eigenvalue weighted by Crippen LogP contribution is -2.36. The molecule has 0 spiro atoms. The molecule has 1 aliphatic heterocycles. The van der Waals surface area contributed by atoms with E-state index in [0.717, 1.165) is 25.6 Å². The van der Waals surface area contributed by atoms with Crippen molar-refractivity contribution >= 4 is 11.3 Å². The highest BCUT2D eigenvalue weighted by atomic mass is 32.1. The summed E-state index contributed by atoms with van der Waals surface area (Å²) in [5.41, 5.74) is 1.45. The Balaban J connectivity index is 1.46. The summed E-state index contributed by atoms with van der Waals surface area (Å²) < 4.78 is 5.92. The quantitative estimate of drug-likeness (QED) is 0.901. The minimum atomic E-state index is 0.239. The van der Waals surface area contributed by atoms with Gasteiger partial charge in [-0.2, -0.15) is 0 Å². The van der Waals surface area contributed by atoms with Crippen molar-refractivity contribution in [1.29, 1.82) is 0 Å². The van der Waals surface area contributed by atoms with Crippen LogP contribution in [0, 0.1) is 11.3 Å². The first-order valence-electron chi connectivity index (χ1n) is 7.80. The molecule has 0 unspecified atom stereocenters. The maximum Gasteiger partial charge on any atom is 0.0959 e. The first kappa shape index (κ1) is 14.5. The number of thiazole rings is 1. The van der Waals surface area contributed by atoms with Crippen LogP contribution in [-0.4, -0.2) is 24.2 Å². The molecule has 0 amide bonds. The Morgan fingerprint density at radius 2 is 2.15 bits per heavy atom. The minimum absolute atomic E-state index is 0.239. The van der Waals surface area contributed by atoms with Gasteiger partial charge in [-0.3, -0.25) is 0 Å². The highest BCUT2D eigenvalue weighted by Crippen LogP contribution is 2.41. The minimum Gasteiger partial charge on any atom is -0.377 e. The van der Waals surface area contributed by atoms with E-state index in [1.807, 2.05) is 11.3 Å². The van der Waals surface area contributed by atoms with Crippen LogP contribution in [0.15, 0.2) is 5.38 Å². The summed E-state index contributed by atoms with van der Waals surface area (Å²) in [6.07, 6.45) is 4.24. The molecule has 1 aromatic heterocycles. The molecule has 4 heteroatoms. The summed E-state index contributed by atoms with van der Waals surface area (Å²) in [6.45, 7) is 9.68. The van der Waals surface area contributed by atoms with Crippen molar-refractivity contribution in [2.24, 2.45) is 11.3 Å². The molecule has 3 nitrogen and oxygen atoms in total. The Labute approximate surface area is 126 Å². The maximum atomic E-state index is 5.92. The summed E-state index contributed by atoms with van der Waals surface area (Å²) in [4.78, 5) is 4.73. The van der Waals surface area contributed by atoms with Crippen LogP contribution in [0.2, 0.25) is 0 Å². The van der Waals surface area contributed by atoms with E-state index in [1.165, 1.54) is 30.0 Å². The Hall–Kier alpha value is -0.450. The fraction of sp³-hybridized carbons (Fsp3) is 0.812. The number of nitrogens with zero attached hydrogens (tertiary/aromatic N) is 1. The highest BCUT2D eigenvalue weighted by molar-refractivity contribution is 7.09. The van der Waals surface area contributed by atoms with Crippen LogP contribution >= 0.6 is 11.3 Å². The molecule has 112 valence electrons. The van der Waals surface area contributed by atoms with Gasteiger partial charge in [-0.05, 0) is 24.7 Å². The van der Waals surface area contributed by atoms with Crippen LogP contribution in [0.4, 0.5) is 0 Å². The number of aromatic nitrogens is 1. The molecule has 0 aromatic carbocycles. The number of hydrogen-bond acceptors (Lipinski definition) is 4. The summed E-state index contributed by atoms with van der Waals surface area (Å²) in [5, 5.41) is 7.14. The van der Waals surface area contributed by atoms with E-state index < -0.39 is 0 Å². The van der Waals surface area contributed by atoms with Crippen molar-refractivity contribution in [2.45, 2.75) is 58.6 Å². The molecule has 2 heterocycles. The van der Waals surface area contributed by atoms with Crippen molar-refractivity contribution in [2.75, 3.05) is 13.2 Å². The van der Waals surface area contributed by atoms with Gasteiger partial charge in [-0.15, -0.1) is 11.3 Å². The number of hydrogen-bond donors (Lipinski definition) is 1. The van der Waals surface area contributed by atoms with Gasteiger partial charge in [0.25, 0.3) is 0 Å². The summed E-state index contributed by atoms with van der Waals surface area (Å²) in [6, 6.07) is 0. The molecule has 1 N–H and O–H groups in total. The zero-order valence-electron chi connectivity index (χ0n) is 12.8. The van der Waals surface area contributed by atoms with E-state index in [4.69, 9.17) is 9.72 Å². The van der Waals surface area contributed by atoms with Crippen molar-refractivity contribution in [1.82, 2.24) is 10.3 Å². The van der Waals surface area contributed by atoms with Crippen LogP contribution in [0.5, 0.6) is 0 Å². The molecule has 1 aromatic rings. The van der Waals surface area contributed by atoms with Crippen molar-refractivity contribution in [3.05, 3.63) is 16.1 Å². The van der Waals surface area contributed by atoms with E-state index in [0.29, 0.717) is 12.0 Å². The zero-order chi connectivity index (χ0) is 14.2. The third-order valence-electron chi connectivity index (χ3n) is 4.28. The average molecular weight is 294 g/mol. The molecule has 1 saturated carbocycles. The first-order valence-corrected chi connectivity index (χ1v) is 8.68. The Morgan fingerprint density at radius 1 is 1.35 bits per heavy atom. The molecule has 2 atom stereocenters. The molecule has 1 saturated heterocycles. The molecule has 20 heavy (non-hydrogen) atoms. The molecule has 1 aliphatic carbocycles. The Bertz CT molecular complexity index is 448. The standard InChI is InChI=1S/C16H26N2OS/c1-16(2,3)14-12(6-7-19-14)8-17-9-13-10-20-15(18-13)11-4-5-11/h10-12,14,17H,4-9H2,1-3H3/t12-,14+/m1/s1. The van der Waals surface area contributed by atoms with Crippen molar-refractivity contribution in [3.63, 3.8) is 0 Å². The number of nitrogens with one attached hydrogen (secondary N) is 1. The third kappa shape index (κ3) is 3.41. The van der Waals surface area contributed by atoms with Crippen LogP contribution in [0.1, 0.15) is 56.7 Å². The average Bonchev–Trinajstić information content (AvgIpc) is 2.93. The summed E-state index contributed by atoms with van der Waals surface area (Å²) in [7, 11) is 0.